The van der Waals surface area contributed by atoms with Crippen LogP contribution in [-0.4, -0.2) is 9.12 Å². The fourth-order valence-electron chi connectivity index (χ4n) is 1.58. The molecule has 0 aliphatic rings. The standard InChI is InChI=1S/C11H10F2N2OS/c12-10(13)15-7-6-14(11(15)17-16)8-9-4-2-1-3-5-9/h1-7,10H,8H2/p+1. The van der Waals surface area contributed by atoms with Gasteiger partial charge < -0.3 is 4.55 Å². The van der Waals surface area contributed by atoms with Crippen LogP contribution in [-0.2, 0) is 6.54 Å². The highest BCUT2D eigenvalue weighted by Crippen LogP contribution is 2.18. The van der Waals surface area contributed by atoms with E-state index >= 15 is 0 Å². The van der Waals surface area contributed by atoms with E-state index in [1.54, 1.807) is 4.57 Å². The second kappa shape index (κ2) is 5.29. The molecule has 1 heterocycles. The Morgan fingerprint density at radius 2 is 2.00 bits per heavy atom. The van der Waals surface area contributed by atoms with Gasteiger partial charge in [0.05, 0.1) is 0 Å². The summed E-state index contributed by atoms with van der Waals surface area (Å²) in [6, 6.07) is 9.45. The number of hydrogen-bond acceptors (Lipinski definition) is 2. The van der Waals surface area contributed by atoms with Crippen molar-refractivity contribution in [1.29, 1.82) is 0 Å². The maximum Gasteiger partial charge on any atom is 0.388 e. The van der Waals surface area contributed by atoms with Gasteiger partial charge in [-0.15, -0.1) is 0 Å². The number of alkyl halides is 2. The molecule has 90 valence electrons. The molecule has 2 aromatic rings. The van der Waals surface area contributed by atoms with Crippen LogP contribution >= 0.6 is 12.0 Å². The van der Waals surface area contributed by atoms with E-state index in [0.29, 0.717) is 18.6 Å². The van der Waals surface area contributed by atoms with Gasteiger partial charge in [-0.1, -0.05) is 30.3 Å². The number of benzene rings is 1. The highest BCUT2D eigenvalue weighted by molar-refractivity contribution is 7.93. The summed E-state index contributed by atoms with van der Waals surface area (Å²) < 4.78 is 36.5. The van der Waals surface area contributed by atoms with Crippen molar-refractivity contribution in [1.82, 2.24) is 4.57 Å². The molecule has 2 rings (SSSR count). The smallest absolute Gasteiger partial charge is 0.320 e. The van der Waals surface area contributed by atoms with Crippen LogP contribution in [0.3, 0.4) is 0 Å². The second-order valence-corrected chi connectivity index (χ2v) is 4.02. The highest BCUT2D eigenvalue weighted by Gasteiger charge is 2.24. The molecule has 6 heteroatoms. The monoisotopic (exact) mass is 257 g/mol. The molecule has 1 aromatic heterocycles. The molecule has 0 unspecified atom stereocenters. The van der Waals surface area contributed by atoms with Crippen molar-refractivity contribution in [3.05, 3.63) is 48.3 Å². The summed E-state index contributed by atoms with van der Waals surface area (Å²) >= 11 is 0.322. The number of imidazole rings is 1. The maximum absolute atomic E-state index is 12.6. The van der Waals surface area contributed by atoms with E-state index in [4.69, 9.17) is 4.55 Å². The van der Waals surface area contributed by atoms with Gasteiger partial charge in [-0.05, 0) is 5.56 Å². The lowest BCUT2D eigenvalue weighted by Gasteiger charge is -2.01. The third kappa shape index (κ3) is 2.65. The molecule has 3 nitrogen and oxygen atoms in total. The second-order valence-electron chi connectivity index (χ2n) is 3.47. The van der Waals surface area contributed by atoms with Gasteiger partial charge in [-0.3, -0.25) is 0 Å². The quantitative estimate of drug-likeness (QED) is 0.674. The Labute approximate surface area is 102 Å². The van der Waals surface area contributed by atoms with Gasteiger partial charge >= 0.3 is 11.7 Å². The molecular weight excluding hydrogens is 246 g/mol. The zero-order valence-corrected chi connectivity index (χ0v) is 9.65. The first kappa shape index (κ1) is 12.1. The lowest BCUT2D eigenvalue weighted by atomic mass is 10.2. The van der Waals surface area contributed by atoms with Crippen LogP contribution in [0, 0.1) is 0 Å². The summed E-state index contributed by atoms with van der Waals surface area (Å²) in [6.07, 6.45) is 2.78. The Morgan fingerprint density at radius 1 is 1.29 bits per heavy atom. The molecular formula is C11H11F2N2OS+. The SMILES string of the molecule is OSc1n(C(F)F)cc[n+]1Cc1ccccc1. The van der Waals surface area contributed by atoms with Crippen molar-refractivity contribution in [3.63, 3.8) is 0 Å². The molecule has 1 N–H and O–H groups in total. The minimum atomic E-state index is -2.65. The average molecular weight is 257 g/mol. The van der Waals surface area contributed by atoms with E-state index < -0.39 is 6.55 Å². The van der Waals surface area contributed by atoms with Crippen LogP contribution in [0.25, 0.3) is 0 Å². The average Bonchev–Trinajstić information content (AvgIpc) is 2.73. The third-order valence-electron chi connectivity index (χ3n) is 2.36. The summed E-state index contributed by atoms with van der Waals surface area (Å²) in [5, 5.41) is 0.115. The number of halogens is 2. The molecule has 0 atom stereocenters. The first-order valence-corrected chi connectivity index (χ1v) is 5.73. The van der Waals surface area contributed by atoms with Crippen molar-refractivity contribution in [2.45, 2.75) is 18.3 Å². The predicted molar refractivity (Wildman–Crippen MR) is 59.9 cm³/mol. The van der Waals surface area contributed by atoms with E-state index in [1.165, 1.54) is 12.4 Å². The topological polar surface area (TPSA) is 29.0 Å². The number of nitrogens with zero attached hydrogens (tertiary/aromatic N) is 2. The number of hydrogen-bond donors (Lipinski definition) is 1. The molecule has 0 spiro atoms. The van der Waals surface area contributed by atoms with E-state index in [-0.39, 0.29) is 5.16 Å². The van der Waals surface area contributed by atoms with Crippen molar-refractivity contribution in [2.24, 2.45) is 0 Å². The first-order valence-electron chi connectivity index (χ1n) is 4.96. The fraction of sp³-hybridized carbons (Fsp3) is 0.182. The summed E-state index contributed by atoms with van der Waals surface area (Å²) in [6.45, 7) is -2.20. The summed E-state index contributed by atoms with van der Waals surface area (Å²) in [4.78, 5) is 0. The zero-order chi connectivity index (χ0) is 12.3. The van der Waals surface area contributed by atoms with Crippen LogP contribution in [0.2, 0.25) is 0 Å². The number of rotatable bonds is 4. The van der Waals surface area contributed by atoms with Crippen molar-refractivity contribution >= 4 is 12.0 Å². The molecule has 0 aliphatic heterocycles. The first-order chi connectivity index (χ1) is 8.22. The van der Waals surface area contributed by atoms with Crippen molar-refractivity contribution < 1.29 is 17.9 Å². The molecule has 0 saturated heterocycles. The van der Waals surface area contributed by atoms with Crippen molar-refractivity contribution in [3.8, 4) is 0 Å². The lowest BCUT2D eigenvalue weighted by molar-refractivity contribution is -0.726. The molecule has 0 radical (unpaired) electrons. The van der Waals surface area contributed by atoms with E-state index in [9.17, 15) is 8.78 Å². The predicted octanol–water partition coefficient (Wildman–Crippen LogP) is 2.78. The van der Waals surface area contributed by atoms with Gasteiger partial charge in [0.25, 0.3) is 0 Å². The summed E-state index contributed by atoms with van der Waals surface area (Å²) in [5.41, 5.74) is 0.986. The van der Waals surface area contributed by atoms with Crippen LogP contribution in [0.4, 0.5) is 8.78 Å². The molecule has 17 heavy (non-hydrogen) atoms. The van der Waals surface area contributed by atoms with E-state index in [2.05, 4.69) is 0 Å². The maximum atomic E-state index is 12.6. The van der Waals surface area contributed by atoms with Gasteiger partial charge in [0, 0.05) is 0 Å². The van der Waals surface area contributed by atoms with Gasteiger partial charge in [0.2, 0.25) is 0 Å². The van der Waals surface area contributed by atoms with Crippen molar-refractivity contribution in [2.75, 3.05) is 0 Å². The van der Waals surface area contributed by atoms with Crippen LogP contribution in [0.5, 0.6) is 0 Å². The molecule has 0 fully saturated rings. The Hall–Kier alpha value is -1.40. The van der Waals surface area contributed by atoms with Gasteiger partial charge in [0.15, 0.2) is 0 Å². The highest BCUT2D eigenvalue weighted by atomic mass is 32.2. The Morgan fingerprint density at radius 3 is 2.59 bits per heavy atom. The Kier molecular flexibility index (Phi) is 3.75. The third-order valence-corrected chi connectivity index (χ3v) is 2.97. The van der Waals surface area contributed by atoms with Gasteiger partial charge in [-0.2, -0.15) is 13.3 Å². The van der Waals surface area contributed by atoms with Crippen LogP contribution < -0.4 is 4.57 Å². The summed E-state index contributed by atoms with van der Waals surface area (Å²) in [7, 11) is 0. The Bertz CT molecular complexity index is 487. The molecule has 1 aromatic carbocycles. The van der Waals surface area contributed by atoms with E-state index in [1.807, 2.05) is 30.3 Å². The normalized spacial score (nSPS) is 11.1. The van der Waals surface area contributed by atoms with Gasteiger partial charge in [-0.25, -0.2) is 4.57 Å². The lowest BCUT2D eigenvalue weighted by Crippen LogP contribution is -2.35. The van der Waals surface area contributed by atoms with E-state index in [0.717, 1.165) is 10.1 Å². The Balaban J connectivity index is 2.28. The molecule has 0 aliphatic carbocycles. The minimum absolute atomic E-state index is 0.115. The largest absolute Gasteiger partial charge is 0.388 e. The van der Waals surface area contributed by atoms with Crippen LogP contribution in [0.1, 0.15) is 12.1 Å². The molecule has 0 bridgehead atoms. The molecule has 0 amide bonds. The zero-order valence-electron chi connectivity index (χ0n) is 8.83. The van der Waals surface area contributed by atoms with Crippen LogP contribution in [0.15, 0.2) is 47.9 Å². The summed E-state index contributed by atoms with van der Waals surface area (Å²) in [5.74, 6) is 0. The number of aromatic nitrogens is 2. The molecule has 0 saturated carbocycles. The minimum Gasteiger partial charge on any atom is -0.320 e. The fourth-order valence-corrected chi connectivity index (χ4v) is 2.04. The van der Waals surface area contributed by atoms with Gasteiger partial charge in [0.1, 0.15) is 31.0 Å².